The van der Waals surface area contributed by atoms with E-state index in [9.17, 15) is 14.7 Å². The largest absolute Gasteiger partial charge is 0.507 e. The van der Waals surface area contributed by atoms with Crippen molar-refractivity contribution in [3.63, 3.8) is 0 Å². The summed E-state index contributed by atoms with van der Waals surface area (Å²) in [5.74, 6) is -0.845. The topological polar surface area (TPSA) is 83.0 Å². The van der Waals surface area contributed by atoms with Crippen molar-refractivity contribution in [2.45, 2.75) is 26.5 Å². The summed E-state index contributed by atoms with van der Waals surface area (Å²) in [7, 11) is 0. The number of nitrogens with zero attached hydrogens (tertiary/aromatic N) is 3. The van der Waals surface area contributed by atoms with Crippen molar-refractivity contribution < 1.29 is 19.4 Å². The molecule has 0 unspecified atom stereocenters. The van der Waals surface area contributed by atoms with E-state index in [1.807, 2.05) is 30.3 Å². The first-order valence-corrected chi connectivity index (χ1v) is 12.2. The molecule has 0 bridgehead atoms. The average Bonchev–Trinajstić information content (AvgIpc) is 3.18. The molecule has 1 amide bonds. The second kappa shape index (κ2) is 11.6. The Hall–Kier alpha value is -3.97. The van der Waals surface area contributed by atoms with Crippen LogP contribution >= 0.6 is 0 Å². The van der Waals surface area contributed by atoms with Crippen LogP contribution in [0.25, 0.3) is 5.76 Å². The molecule has 1 N–H and O–H groups in total. The number of pyridine rings is 1. The van der Waals surface area contributed by atoms with Crippen LogP contribution in [0.2, 0.25) is 0 Å². The van der Waals surface area contributed by atoms with Crippen LogP contribution in [-0.4, -0.2) is 57.8 Å². The zero-order chi connectivity index (χ0) is 25.5. The normalized spacial score (nSPS) is 17.1. The summed E-state index contributed by atoms with van der Waals surface area (Å²) in [4.78, 5) is 34.1. The molecular formula is C29H31N3O4. The fourth-order valence-corrected chi connectivity index (χ4v) is 4.40. The van der Waals surface area contributed by atoms with E-state index in [0.29, 0.717) is 31.0 Å². The highest BCUT2D eigenvalue weighted by molar-refractivity contribution is 6.46. The maximum atomic E-state index is 13.2. The molecule has 1 saturated heterocycles. The summed E-state index contributed by atoms with van der Waals surface area (Å²) in [6, 6.07) is 19.6. The SMILES string of the molecule is CCN(CC)CCN1C(=O)C(=O)/C(=C(/O)c2ccc(OCc3ccccc3)cc2)[C@H]1c1ccncc1. The van der Waals surface area contributed by atoms with Crippen LogP contribution in [0.5, 0.6) is 5.75 Å². The predicted molar refractivity (Wildman–Crippen MR) is 138 cm³/mol. The van der Waals surface area contributed by atoms with Crippen LogP contribution in [0, 0.1) is 0 Å². The number of aromatic nitrogens is 1. The molecular weight excluding hydrogens is 454 g/mol. The van der Waals surface area contributed by atoms with E-state index in [0.717, 1.165) is 24.2 Å². The number of amides is 1. The van der Waals surface area contributed by atoms with Crippen molar-refractivity contribution in [3.8, 4) is 5.75 Å². The lowest BCUT2D eigenvalue weighted by Crippen LogP contribution is -2.38. The van der Waals surface area contributed by atoms with E-state index in [4.69, 9.17) is 4.74 Å². The van der Waals surface area contributed by atoms with Crippen molar-refractivity contribution in [2.24, 2.45) is 0 Å². The van der Waals surface area contributed by atoms with Gasteiger partial charge in [-0.25, -0.2) is 0 Å². The first-order valence-electron chi connectivity index (χ1n) is 12.2. The number of aliphatic hydroxyl groups excluding tert-OH is 1. The fraction of sp³-hybridized carbons (Fsp3) is 0.276. The van der Waals surface area contributed by atoms with Crippen LogP contribution in [0.3, 0.4) is 0 Å². The standard InChI is InChI=1S/C29H31N3O4/c1-3-31(4-2)18-19-32-26(22-14-16-30-17-15-22)25(28(34)29(32)35)27(33)23-10-12-24(13-11-23)36-20-21-8-6-5-7-9-21/h5-17,26,33H,3-4,18-20H2,1-2H3/b27-25+/t26-/m1/s1. The third-order valence-corrected chi connectivity index (χ3v) is 6.49. The molecule has 1 aliphatic rings. The van der Waals surface area contributed by atoms with E-state index < -0.39 is 17.7 Å². The Morgan fingerprint density at radius 2 is 1.64 bits per heavy atom. The maximum absolute atomic E-state index is 13.2. The Kier molecular flexibility index (Phi) is 8.13. The molecule has 186 valence electrons. The van der Waals surface area contributed by atoms with Gasteiger partial charge in [-0.1, -0.05) is 44.2 Å². The average molecular weight is 486 g/mol. The smallest absolute Gasteiger partial charge is 0.295 e. The number of ether oxygens (including phenoxy) is 1. The van der Waals surface area contributed by atoms with Crippen LogP contribution in [0.4, 0.5) is 0 Å². The third kappa shape index (κ3) is 5.47. The monoisotopic (exact) mass is 485 g/mol. The first kappa shape index (κ1) is 25.1. The lowest BCUT2D eigenvalue weighted by molar-refractivity contribution is -0.140. The van der Waals surface area contributed by atoms with Gasteiger partial charge in [-0.3, -0.25) is 14.6 Å². The molecule has 36 heavy (non-hydrogen) atoms. The van der Waals surface area contributed by atoms with E-state index in [2.05, 4.69) is 23.7 Å². The number of aliphatic hydroxyl groups is 1. The van der Waals surface area contributed by atoms with Gasteiger partial charge in [0.25, 0.3) is 11.7 Å². The fourth-order valence-electron chi connectivity index (χ4n) is 4.40. The molecule has 2 heterocycles. The summed E-state index contributed by atoms with van der Waals surface area (Å²) < 4.78 is 5.83. The second-order valence-electron chi connectivity index (χ2n) is 8.60. The maximum Gasteiger partial charge on any atom is 0.295 e. The van der Waals surface area contributed by atoms with Crippen molar-refractivity contribution in [1.82, 2.24) is 14.8 Å². The predicted octanol–water partition coefficient (Wildman–Crippen LogP) is 4.42. The molecule has 0 spiro atoms. The highest BCUT2D eigenvalue weighted by atomic mass is 16.5. The Balaban J connectivity index is 1.62. The molecule has 1 atom stereocenters. The number of hydrogen-bond donors (Lipinski definition) is 1. The lowest BCUT2D eigenvalue weighted by atomic mass is 9.96. The van der Waals surface area contributed by atoms with Gasteiger partial charge >= 0.3 is 0 Å². The van der Waals surface area contributed by atoms with E-state index >= 15 is 0 Å². The number of carbonyl (C=O) groups is 2. The number of hydrogen-bond acceptors (Lipinski definition) is 6. The molecule has 1 aliphatic heterocycles. The van der Waals surface area contributed by atoms with E-state index in [1.165, 1.54) is 0 Å². The van der Waals surface area contributed by atoms with Gasteiger partial charge in [0.2, 0.25) is 0 Å². The van der Waals surface area contributed by atoms with Crippen molar-refractivity contribution in [1.29, 1.82) is 0 Å². The van der Waals surface area contributed by atoms with Gasteiger partial charge in [-0.15, -0.1) is 0 Å². The van der Waals surface area contributed by atoms with Gasteiger partial charge in [0.05, 0.1) is 11.6 Å². The number of carbonyl (C=O) groups excluding carboxylic acids is 2. The minimum absolute atomic E-state index is 0.0868. The number of benzene rings is 2. The van der Waals surface area contributed by atoms with Crippen LogP contribution in [0.15, 0.2) is 84.7 Å². The van der Waals surface area contributed by atoms with Gasteiger partial charge in [0, 0.05) is 31.0 Å². The Labute approximate surface area is 211 Å². The minimum Gasteiger partial charge on any atom is -0.507 e. The van der Waals surface area contributed by atoms with E-state index in [-0.39, 0.29) is 11.3 Å². The zero-order valence-electron chi connectivity index (χ0n) is 20.6. The zero-order valence-corrected chi connectivity index (χ0v) is 20.6. The molecule has 0 radical (unpaired) electrons. The quantitative estimate of drug-likeness (QED) is 0.260. The van der Waals surface area contributed by atoms with Gasteiger partial charge in [-0.05, 0) is 60.6 Å². The molecule has 3 aromatic rings. The molecule has 0 saturated carbocycles. The van der Waals surface area contributed by atoms with Crippen molar-refractivity contribution in [3.05, 3.63) is 101 Å². The summed E-state index contributed by atoms with van der Waals surface area (Å²) >= 11 is 0. The van der Waals surface area contributed by atoms with Gasteiger partial charge < -0.3 is 19.6 Å². The summed E-state index contributed by atoms with van der Waals surface area (Å²) in [5, 5.41) is 11.2. The van der Waals surface area contributed by atoms with Crippen LogP contribution in [0.1, 0.15) is 36.6 Å². The molecule has 2 aromatic carbocycles. The summed E-state index contributed by atoms with van der Waals surface area (Å²) in [6.45, 7) is 7.25. The first-order chi connectivity index (χ1) is 17.5. The Bertz CT molecular complexity index is 1210. The Morgan fingerprint density at radius 1 is 0.972 bits per heavy atom. The lowest BCUT2D eigenvalue weighted by Gasteiger charge is -2.28. The van der Waals surface area contributed by atoms with Crippen molar-refractivity contribution >= 4 is 17.4 Å². The molecule has 7 nitrogen and oxygen atoms in total. The summed E-state index contributed by atoms with van der Waals surface area (Å²) in [6.07, 6.45) is 3.25. The molecule has 1 aromatic heterocycles. The number of rotatable bonds is 10. The number of likely N-dealkylation sites (tertiary alicyclic amines) is 1. The van der Waals surface area contributed by atoms with E-state index in [1.54, 1.807) is 53.7 Å². The van der Waals surface area contributed by atoms with Gasteiger partial charge in [0.1, 0.15) is 18.1 Å². The highest BCUT2D eigenvalue weighted by Crippen LogP contribution is 2.39. The van der Waals surface area contributed by atoms with Gasteiger partial charge in [-0.2, -0.15) is 0 Å². The molecule has 4 rings (SSSR count). The molecule has 0 aliphatic carbocycles. The number of likely N-dealkylation sites (N-methyl/N-ethyl adjacent to an activating group) is 1. The third-order valence-electron chi connectivity index (χ3n) is 6.49. The molecule has 7 heteroatoms. The summed E-state index contributed by atoms with van der Waals surface area (Å²) in [5.41, 5.74) is 2.31. The van der Waals surface area contributed by atoms with Crippen LogP contribution < -0.4 is 4.74 Å². The highest BCUT2D eigenvalue weighted by Gasteiger charge is 2.45. The number of Topliss-reactive ketones (excluding diaryl/α,β-unsaturated/α-hetero) is 1. The van der Waals surface area contributed by atoms with Crippen molar-refractivity contribution in [2.75, 3.05) is 26.2 Å². The Morgan fingerprint density at radius 3 is 2.28 bits per heavy atom. The number of ketones is 1. The van der Waals surface area contributed by atoms with Crippen LogP contribution in [-0.2, 0) is 16.2 Å². The molecule has 1 fully saturated rings. The second-order valence-corrected chi connectivity index (χ2v) is 8.60. The van der Waals surface area contributed by atoms with Gasteiger partial charge in [0.15, 0.2) is 0 Å². The minimum atomic E-state index is -0.683.